The highest BCUT2D eigenvalue weighted by atomic mass is 16.3. The Kier molecular flexibility index (Phi) is 3.49. The summed E-state index contributed by atoms with van der Waals surface area (Å²) < 4.78 is 5.78. The highest BCUT2D eigenvalue weighted by Gasteiger charge is 2.20. The molecule has 1 N–H and O–H groups in total. The third-order valence-electron chi connectivity index (χ3n) is 3.78. The molecular weight excluding hydrogens is 222 g/mol. The molecule has 0 spiro atoms. The largest absolute Gasteiger partial charge is 0.461 e. The number of hydrogen-bond donors (Lipinski definition) is 1. The van der Waals surface area contributed by atoms with Crippen LogP contribution in [0.1, 0.15) is 39.0 Å². The van der Waals surface area contributed by atoms with Gasteiger partial charge in [-0.25, -0.2) is 0 Å². The Morgan fingerprint density at radius 2 is 1.89 bits per heavy atom. The van der Waals surface area contributed by atoms with Crippen LogP contribution in [-0.4, -0.2) is 6.04 Å². The minimum atomic E-state index is 0.271. The van der Waals surface area contributed by atoms with E-state index in [9.17, 15) is 0 Å². The van der Waals surface area contributed by atoms with Gasteiger partial charge >= 0.3 is 0 Å². The van der Waals surface area contributed by atoms with Gasteiger partial charge in [-0.15, -0.1) is 0 Å². The average Bonchev–Trinajstić information content (AvgIpc) is 2.60. The molecule has 0 aliphatic carbocycles. The van der Waals surface area contributed by atoms with Crippen LogP contribution in [0.15, 0.2) is 28.7 Å². The van der Waals surface area contributed by atoms with E-state index in [1.54, 1.807) is 0 Å². The standard InChI is InChI=1S/C16H23NO/c1-11-14(10-17-12(2)16(3,4)5)13-8-6-7-9-15(13)18-11/h6-9,12,17H,10H2,1-5H3. The summed E-state index contributed by atoms with van der Waals surface area (Å²) in [5, 5.41) is 4.82. The maximum Gasteiger partial charge on any atom is 0.134 e. The molecule has 18 heavy (non-hydrogen) atoms. The SMILES string of the molecule is Cc1oc2ccccc2c1CNC(C)C(C)(C)C. The van der Waals surface area contributed by atoms with Gasteiger partial charge in [0.2, 0.25) is 0 Å². The number of hydrogen-bond acceptors (Lipinski definition) is 2. The second kappa shape index (κ2) is 4.77. The topological polar surface area (TPSA) is 25.2 Å². The first-order valence-corrected chi connectivity index (χ1v) is 6.60. The van der Waals surface area contributed by atoms with E-state index < -0.39 is 0 Å². The second-order valence-corrected chi connectivity index (χ2v) is 6.10. The smallest absolute Gasteiger partial charge is 0.134 e. The molecule has 0 fully saturated rings. The van der Waals surface area contributed by atoms with Gasteiger partial charge in [-0.3, -0.25) is 0 Å². The minimum Gasteiger partial charge on any atom is -0.461 e. The zero-order chi connectivity index (χ0) is 13.3. The maximum absolute atomic E-state index is 5.78. The Morgan fingerprint density at radius 3 is 2.56 bits per heavy atom. The summed E-state index contributed by atoms with van der Waals surface area (Å²) in [5.41, 5.74) is 2.53. The van der Waals surface area contributed by atoms with Gasteiger partial charge < -0.3 is 9.73 Å². The van der Waals surface area contributed by atoms with Crippen molar-refractivity contribution in [3.8, 4) is 0 Å². The second-order valence-electron chi connectivity index (χ2n) is 6.10. The van der Waals surface area contributed by atoms with E-state index in [1.807, 2.05) is 19.1 Å². The van der Waals surface area contributed by atoms with Crippen LogP contribution in [0.25, 0.3) is 11.0 Å². The Morgan fingerprint density at radius 1 is 1.22 bits per heavy atom. The predicted molar refractivity (Wildman–Crippen MR) is 76.7 cm³/mol. The first kappa shape index (κ1) is 13.2. The molecule has 1 atom stereocenters. The molecule has 2 nitrogen and oxygen atoms in total. The average molecular weight is 245 g/mol. The first-order chi connectivity index (χ1) is 8.39. The summed E-state index contributed by atoms with van der Waals surface area (Å²) >= 11 is 0. The molecule has 2 rings (SSSR count). The summed E-state index contributed by atoms with van der Waals surface area (Å²) in [5.74, 6) is 1.02. The molecule has 1 unspecified atom stereocenters. The highest BCUT2D eigenvalue weighted by molar-refractivity contribution is 5.82. The van der Waals surface area contributed by atoms with Crippen molar-refractivity contribution in [2.75, 3.05) is 0 Å². The van der Waals surface area contributed by atoms with Gasteiger partial charge in [0.1, 0.15) is 11.3 Å². The third-order valence-corrected chi connectivity index (χ3v) is 3.78. The van der Waals surface area contributed by atoms with E-state index in [1.165, 1.54) is 10.9 Å². The lowest BCUT2D eigenvalue weighted by molar-refractivity contribution is 0.285. The van der Waals surface area contributed by atoms with Crippen LogP contribution in [0.5, 0.6) is 0 Å². The number of furan rings is 1. The molecular formula is C16H23NO. The molecule has 1 aromatic carbocycles. The van der Waals surface area contributed by atoms with Crippen LogP contribution < -0.4 is 5.32 Å². The number of nitrogens with one attached hydrogen (secondary N) is 1. The van der Waals surface area contributed by atoms with Gasteiger partial charge in [0, 0.05) is 23.5 Å². The fourth-order valence-corrected chi connectivity index (χ4v) is 2.00. The maximum atomic E-state index is 5.78. The van der Waals surface area contributed by atoms with Gasteiger partial charge in [-0.05, 0) is 25.3 Å². The molecule has 1 heterocycles. The number of para-hydroxylation sites is 1. The summed E-state index contributed by atoms with van der Waals surface area (Å²) in [7, 11) is 0. The van der Waals surface area contributed by atoms with Crippen molar-refractivity contribution in [1.82, 2.24) is 5.32 Å². The summed E-state index contributed by atoms with van der Waals surface area (Å²) in [6.07, 6.45) is 0. The van der Waals surface area contributed by atoms with Crippen LogP contribution in [0, 0.1) is 12.3 Å². The van der Waals surface area contributed by atoms with Crippen molar-refractivity contribution in [1.29, 1.82) is 0 Å². The molecule has 0 saturated carbocycles. The quantitative estimate of drug-likeness (QED) is 0.873. The zero-order valence-electron chi connectivity index (χ0n) is 12.0. The highest BCUT2D eigenvalue weighted by Crippen LogP contribution is 2.26. The lowest BCUT2D eigenvalue weighted by Gasteiger charge is -2.28. The van der Waals surface area contributed by atoms with Crippen molar-refractivity contribution >= 4 is 11.0 Å². The normalized spacial score (nSPS) is 14.1. The molecule has 2 aromatic rings. The van der Waals surface area contributed by atoms with Crippen molar-refractivity contribution in [3.05, 3.63) is 35.6 Å². The van der Waals surface area contributed by atoms with E-state index in [0.717, 1.165) is 17.9 Å². The number of fused-ring (bicyclic) bond motifs is 1. The lowest BCUT2D eigenvalue weighted by Crippen LogP contribution is -2.37. The summed E-state index contributed by atoms with van der Waals surface area (Å²) in [4.78, 5) is 0. The molecule has 2 heteroatoms. The molecule has 0 amide bonds. The molecule has 98 valence electrons. The van der Waals surface area contributed by atoms with Gasteiger partial charge in [0.05, 0.1) is 0 Å². The molecule has 0 saturated heterocycles. The summed E-state index contributed by atoms with van der Waals surface area (Å²) in [6.45, 7) is 11.9. The molecule has 0 aliphatic heterocycles. The Labute approximate surface area is 109 Å². The van der Waals surface area contributed by atoms with Crippen LogP contribution in [-0.2, 0) is 6.54 Å². The molecule has 0 bridgehead atoms. The lowest BCUT2D eigenvalue weighted by atomic mass is 9.88. The van der Waals surface area contributed by atoms with E-state index in [2.05, 4.69) is 45.1 Å². The van der Waals surface area contributed by atoms with Crippen molar-refractivity contribution in [3.63, 3.8) is 0 Å². The molecule has 1 aromatic heterocycles. The summed E-state index contributed by atoms with van der Waals surface area (Å²) in [6, 6.07) is 8.70. The fraction of sp³-hybridized carbons (Fsp3) is 0.500. The number of benzene rings is 1. The third kappa shape index (κ3) is 2.59. The zero-order valence-corrected chi connectivity index (χ0v) is 12.0. The van der Waals surface area contributed by atoms with Gasteiger partial charge in [0.25, 0.3) is 0 Å². The van der Waals surface area contributed by atoms with E-state index in [0.29, 0.717) is 6.04 Å². The first-order valence-electron chi connectivity index (χ1n) is 6.60. The number of rotatable bonds is 3. The van der Waals surface area contributed by atoms with Crippen LogP contribution in [0.2, 0.25) is 0 Å². The van der Waals surface area contributed by atoms with Crippen LogP contribution in [0.4, 0.5) is 0 Å². The fourth-order valence-electron chi connectivity index (χ4n) is 2.00. The van der Waals surface area contributed by atoms with Crippen molar-refractivity contribution < 1.29 is 4.42 Å². The molecule has 0 radical (unpaired) electrons. The van der Waals surface area contributed by atoms with Crippen LogP contribution >= 0.6 is 0 Å². The predicted octanol–water partition coefficient (Wildman–Crippen LogP) is 4.27. The van der Waals surface area contributed by atoms with Gasteiger partial charge in [-0.2, -0.15) is 0 Å². The van der Waals surface area contributed by atoms with E-state index >= 15 is 0 Å². The van der Waals surface area contributed by atoms with Gasteiger partial charge in [-0.1, -0.05) is 39.0 Å². The van der Waals surface area contributed by atoms with Crippen LogP contribution in [0.3, 0.4) is 0 Å². The number of aryl methyl sites for hydroxylation is 1. The molecule has 0 aliphatic rings. The monoisotopic (exact) mass is 245 g/mol. The van der Waals surface area contributed by atoms with E-state index in [-0.39, 0.29) is 5.41 Å². The Bertz CT molecular complexity index is 534. The Hall–Kier alpha value is -1.28. The van der Waals surface area contributed by atoms with Gasteiger partial charge in [0.15, 0.2) is 0 Å². The minimum absolute atomic E-state index is 0.271. The van der Waals surface area contributed by atoms with Crippen molar-refractivity contribution in [2.24, 2.45) is 5.41 Å². The Balaban J connectivity index is 2.20. The van der Waals surface area contributed by atoms with E-state index in [4.69, 9.17) is 4.42 Å². The van der Waals surface area contributed by atoms with Crippen molar-refractivity contribution in [2.45, 2.75) is 47.2 Å².